The van der Waals surface area contributed by atoms with Gasteiger partial charge in [-0.3, -0.25) is 4.79 Å². The Labute approximate surface area is 172 Å². The maximum Gasteiger partial charge on any atom is 0.348 e. The predicted octanol–water partition coefficient (Wildman–Crippen LogP) is 4.48. The van der Waals surface area contributed by atoms with Gasteiger partial charge in [0.15, 0.2) is 6.61 Å². The summed E-state index contributed by atoms with van der Waals surface area (Å²) in [5.41, 5.74) is 2.88. The zero-order valence-corrected chi connectivity index (χ0v) is 17.4. The molecule has 0 spiro atoms. The molecule has 2 aromatic rings. The largest absolute Gasteiger partial charge is 0.451 e. The molecule has 2 heterocycles. The number of nitriles is 1. The Balaban J connectivity index is 1.38. The number of fused-ring (bicyclic) bond motifs is 2. The van der Waals surface area contributed by atoms with Crippen molar-refractivity contribution in [2.24, 2.45) is 5.92 Å². The molecule has 1 atom stereocenters. The first-order valence-electron chi connectivity index (χ1n) is 9.68. The highest BCUT2D eigenvalue weighted by atomic mass is 32.1. The number of esters is 1. The van der Waals surface area contributed by atoms with E-state index >= 15 is 0 Å². The lowest BCUT2D eigenvalue weighted by molar-refractivity contribution is -0.119. The van der Waals surface area contributed by atoms with E-state index in [9.17, 15) is 14.9 Å². The van der Waals surface area contributed by atoms with Crippen LogP contribution in [-0.4, -0.2) is 18.5 Å². The monoisotopic (exact) mass is 414 g/mol. The molecule has 0 saturated heterocycles. The topological polar surface area (TPSA) is 79.2 Å². The van der Waals surface area contributed by atoms with Crippen molar-refractivity contribution in [1.29, 1.82) is 5.26 Å². The highest BCUT2D eigenvalue weighted by Crippen LogP contribution is 2.39. The summed E-state index contributed by atoms with van der Waals surface area (Å²) >= 11 is 2.95. The van der Waals surface area contributed by atoms with E-state index in [0.717, 1.165) is 50.5 Å². The van der Waals surface area contributed by atoms with Gasteiger partial charge in [-0.1, -0.05) is 6.92 Å². The summed E-state index contributed by atoms with van der Waals surface area (Å²) in [6.07, 6.45) is 7.24. The molecule has 28 heavy (non-hydrogen) atoms. The lowest BCUT2D eigenvalue weighted by Gasteiger charge is -2.17. The van der Waals surface area contributed by atoms with E-state index in [0.29, 0.717) is 21.4 Å². The standard InChI is InChI=1S/C21H22N2O3S2/c1-12-6-7-14-15(10-22)20(28-17(14)8-12)23-19(24)11-26-21(25)18-9-13-4-2-3-5-16(13)27-18/h9,12H,2-8,11H2,1H3,(H,23,24). The fourth-order valence-corrected chi connectivity index (χ4v) is 6.44. The van der Waals surface area contributed by atoms with E-state index in [-0.39, 0.29) is 6.61 Å². The SMILES string of the molecule is CC1CCc2c(sc(NC(=O)COC(=O)c3cc4c(s3)CCCC4)c2C#N)C1. The first-order valence-corrected chi connectivity index (χ1v) is 11.3. The van der Waals surface area contributed by atoms with Gasteiger partial charge < -0.3 is 10.1 Å². The summed E-state index contributed by atoms with van der Waals surface area (Å²) in [7, 11) is 0. The minimum atomic E-state index is -0.450. The van der Waals surface area contributed by atoms with Crippen molar-refractivity contribution in [2.45, 2.75) is 51.9 Å². The van der Waals surface area contributed by atoms with Crippen LogP contribution in [0.5, 0.6) is 0 Å². The van der Waals surface area contributed by atoms with Crippen molar-refractivity contribution in [2.75, 3.05) is 11.9 Å². The van der Waals surface area contributed by atoms with Crippen LogP contribution >= 0.6 is 22.7 Å². The van der Waals surface area contributed by atoms with Crippen molar-refractivity contribution < 1.29 is 14.3 Å². The van der Waals surface area contributed by atoms with Crippen molar-refractivity contribution >= 4 is 39.6 Å². The number of thiophene rings is 2. The Kier molecular flexibility index (Phi) is 5.51. The quantitative estimate of drug-likeness (QED) is 0.748. The maximum absolute atomic E-state index is 12.3. The molecule has 0 aliphatic heterocycles. The molecule has 1 N–H and O–H groups in total. The Morgan fingerprint density at radius 1 is 1.25 bits per heavy atom. The molecule has 5 nitrogen and oxygen atoms in total. The van der Waals surface area contributed by atoms with Gasteiger partial charge in [0.1, 0.15) is 15.9 Å². The summed E-state index contributed by atoms with van der Waals surface area (Å²) < 4.78 is 5.21. The summed E-state index contributed by atoms with van der Waals surface area (Å²) in [5, 5.41) is 12.9. The molecule has 0 radical (unpaired) electrons. The molecule has 0 aromatic carbocycles. The van der Waals surface area contributed by atoms with E-state index in [1.165, 1.54) is 38.0 Å². The van der Waals surface area contributed by atoms with Crippen LogP contribution in [0.4, 0.5) is 5.00 Å². The number of aryl methyl sites for hydroxylation is 2. The fraction of sp³-hybridized carbons (Fsp3) is 0.476. The molecule has 0 bridgehead atoms. The third kappa shape index (κ3) is 3.85. The van der Waals surface area contributed by atoms with Crippen molar-refractivity contribution in [3.05, 3.63) is 37.4 Å². The molecule has 2 aromatic heterocycles. The molecule has 0 fully saturated rings. The number of hydrogen-bond acceptors (Lipinski definition) is 6. The first kappa shape index (κ1) is 19.2. The first-order chi connectivity index (χ1) is 13.5. The molecular weight excluding hydrogens is 392 g/mol. The van der Waals surface area contributed by atoms with Gasteiger partial charge in [-0.25, -0.2) is 4.79 Å². The number of nitrogens with zero attached hydrogens (tertiary/aromatic N) is 1. The van der Waals surface area contributed by atoms with E-state index in [2.05, 4.69) is 18.3 Å². The summed E-state index contributed by atoms with van der Waals surface area (Å²) in [6, 6.07) is 4.14. The molecule has 4 rings (SSSR count). The van der Waals surface area contributed by atoms with Gasteiger partial charge in [0.05, 0.1) is 5.56 Å². The Hall–Kier alpha value is -2.17. The minimum Gasteiger partial charge on any atom is -0.451 e. The zero-order valence-electron chi connectivity index (χ0n) is 15.8. The highest BCUT2D eigenvalue weighted by Gasteiger charge is 2.25. The molecule has 1 amide bonds. The summed E-state index contributed by atoms with van der Waals surface area (Å²) in [5.74, 6) is -0.258. The van der Waals surface area contributed by atoms with Crippen molar-refractivity contribution in [1.82, 2.24) is 0 Å². The van der Waals surface area contributed by atoms with Crippen molar-refractivity contribution in [3.63, 3.8) is 0 Å². The van der Waals surface area contributed by atoms with Gasteiger partial charge in [0.25, 0.3) is 5.91 Å². The number of rotatable bonds is 4. The Morgan fingerprint density at radius 2 is 2.07 bits per heavy atom. The number of ether oxygens (including phenoxy) is 1. The number of amides is 1. The van der Waals surface area contributed by atoms with Crippen LogP contribution in [0, 0.1) is 17.2 Å². The van der Waals surface area contributed by atoms with Gasteiger partial charge in [-0.15, -0.1) is 22.7 Å². The Morgan fingerprint density at radius 3 is 2.86 bits per heavy atom. The Bertz CT molecular complexity index is 944. The number of carbonyl (C=O) groups excluding carboxylic acids is 2. The van der Waals surface area contributed by atoms with E-state index in [1.807, 2.05) is 6.07 Å². The summed E-state index contributed by atoms with van der Waals surface area (Å²) in [4.78, 5) is 27.6. The van der Waals surface area contributed by atoms with Gasteiger partial charge in [0, 0.05) is 9.75 Å². The smallest absolute Gasteiger partial charge is 0.348 e. The van der Waals surface area contributed by atoms with E-state index < -0.39 is 11.9 Å². The number of nitrogens with one attached hydrogen (secondary N) is 1. The molecule has 1 unspecified atom stereocenters. The third-order valence-electron chi connectivity index (χ3n) is 5.41. The van der Waals surface area contributed by atoms with Crippen LogP contribution in [0.2, 0.25) is 0 Å². The van der Waals surface area contributed by atoms with Gasteiger partial charge in [0.2, 0.25) is 0 Å². The van der Waals surface area contributed by atoms with Gasteiger partial charge >= 0.3 is 5.97 Å². The van der Waals surface area contributed by atoms with Crippen LogP contribution in [0.15, 0.2) is 6.07 Å². The molecular formula is C21H22N2O3S2. The predicted molar refractivity (Wildman–Crippen MR) is 110 cm³/mol. The second-order valence-corrected chi connectivity index (χ2v) is 9.80. The van der Waals surface area contributed by atoms with Gasteiger partial charge in [-0.2, -0.15) is 5.26 Å². The lowest BCUT2D eigenvalue weighted by atomic mass is 9.89. The summed E-state index contributed by atoms with van der Waals surface area (Å²) in [6.45, 7) is 1.86. The van der Waals surface area contributed by atoms with Crippen LogP contribution in [0.1, 0.15) is 62.3 Å². The van der Waals surface area contributed by atoms with E-state index in [4.69, 9.17) is 4.74 Å². The number of hydrogen-bond donors (Lipinski definition) is 1. The van der Waals surface area contributed by atoms with Crippen LogP contribution in [0.3, 0.4) is 0 Å². The van der Waals surface area contributed by atoms with Crippen LogP contribution < -0.4 is 5.32 Å². The fourth-order valence-electron chi connectivity index (χ4n) is 3.91. The number of anilines is 1. The normalized spacial score (nSPS) is 17.9. The zero-order chi connectivity index (χ0) is 19.7. The second kappa shape index (κ2) is 8.06. The van der Waals surface area contributed by atoms with Crippen LogP contribution in [0.25, 0.3) is 0 Å². The number of carbonyl (C=O) groups is 2. The lowest BCUT2D eigenvalue weighted by Crippen LogP contribution is -2.20. The minimum absolute atomic E-state index is 0.342. The van der Waals surface area contributed by atoms with E-state index in [1.54, 1.807) is 0 Å². The molecule has 7 heteroatoms. The average Bonchev–Trinajstić information content (AvgIpc) is 3.26. The van der Waals surface area contributed by atoms with Crippen molar-refractivity contribution in [3.8, 4) is 6.07 Å². The molecule has 2 aliphatic rings. The highest BCUT2D eigenvalue weighted by molar-refractivity contribution is 7.16. The molecule has 2 aliphatic carbocycles. The second-order valence-electron chi connectivity index (χ2n) is 7.56. The average molecular weight is 415 g/mol. The maximum atomic E-state index is 12.3. The molecule has 146 valence electrons. The third-order valence-corrected chi connectivity index (χ3v) is 7.80. The van der Waals surface area contributed by atoms with Crippen LogP contribution in [-0.2, 0) is 35.2 Å². The molecule has 0 saturated carbocycles. The van der Waals surface area contributed by atoms with Gasteiger partial charge in [-0.05, 0) is 68.1 Å².